The van der Waals surface area contributed by atoms with Gasteiger partial charge >= 0.3 is 6.18 Å². The number of halogens is 3. The molecule has 1 saturated heterocycles. The van der Waals surface area contributed by atoms with Gasteiger partial charge in [-0.15, -0.1) is 0 Å². The Morgan fingerprint density at radius 3 is 2.33 bits per heavy atom. The van der Waals surface area contributed by atoms with Gasteiger partial charge in [0.1, 0.15) is 5.75 Å². The molecule has 2 atom stereocenters. The van der Waals surface area contributed by atoms with E-state index in [9.17, 15) is 13.2 Å². The third-order valence-corrected chi connectivity index (χ3v) is 7.12. The molecule has 0 spiro atoms. The van der Waals surface area contributed by atoms with E-state index in [2.05, 4.69) is 10.3 Å². The van der Waals surface area contributed by atoms with Gasteiger partial charge in [-0.25, -0.2) is 0 Å². The van der Waals surface area contributed by atoms with Gasteiger partial charge in [0, 0.05) is 29.0 Å². The molecule has 3 heterocycles. The number of aromatic nitrogens is 2. The lowest BCUT2D eigenvalue weighted by molar-refractivity contribution is -0.137. The summed E-state index contributed by atoms with van der Waals surface area (Å²) in [5.74, 6) is 0.757. The van der Waals surface area contributed by atoms with Gasteiger partial charge in [-0.1, -0.05) is 12.1 Å². The van der Waals surface area contributed by atoms with Crippen molar-refractivity contribution >= 4 is 23.0 Å². The van der Waals surface area contributed by atoms with Crippen LogP contribution in [-0.4, -0.2) is 20.8 Å². The van der Waals surface area contributed by atoms with Gasteiger partial charge in [-0.05, 0) is 106 Å². The Bertz CT molecular complexity index is 1480. The molecule has 2 aromatic carbocycles. The van der Waals surface area contributed by atoms with E-state index in [-0.39, 0.29) is 18.2 Å². The Labute approximate surface area is 231 Å². The summed E-state index contributed by atoms with van der Waals surface area (Å²) in [6.07, 6.45) is -2.64. The molecule has 202 valence electrons. The molecule has 5 rings (SSSR count). The predicted octanol–water partition coefficient (Wildman–Crippen LogP) is 7.47. The zero-order valence-electron chi connectivity index (χ0n) is 22.0. The second kappa shape index (κ2) is 10.4. The Hall–Kier alpha value is -3.85. The van der Waals surface area contributed by atoms with Crippen LogP contribution in [-0.2, 0) is 6.18 Å². The Kier molecular flexibility index (Phi) is 7.11. The molecule has 0 radical (unpaired) electrons. The first kappa shape index (κ1) is 26.7. The van der Waals surface area contributed by atoms with Crippen molar-refractivity contribution in [3.05, 3.63) is 107 Å². The molecule has 39 heavy (non-hydrogen) atoms. The number of pyridine rings is 1. The Morgan fingerprint density at radius 1 is 0.949 bits per heavy atom. The second-order valence-corrected chi connectivity index (χ2v) is 10.3. The number of thiocarbonyl (C=S) groups is 1. The van der Waals surface area contributed by atoms with Crippen molar-refractivity contribution in [2.24, 2.45) is 0 Å². The lowest BCUT2D eigenvalue weighted by atomic mass is 9.96. The van der Waals surface area contributed by atoms with Crippen molar-refractivity contribution in [2.75, 3.05) is 4.90 Å². The maximum atomic E-state index is 13.5. The summed E-state index contributed by atoms with van der Waals surface area (Å²) in [6.45, 7) is 7.77. The first-order valence-electron chi connectivity index (χ1n) is 12.7. The third kappa shape index (κ3) is 5.23. The highest BCUT2D eigenvalue weighted by atomic mass is 32.1. The van der Waals surface area contributed by atoms with Crippen molar-refractivity contribution in [1.29, 1.82) is 0 Å². The summed E-state index contributed by atoms with van der Waals surface area (Å²) in [5.41, 5.74) is 4.04. The fourth-order valence-electron chi connectivity index (χ4n) is 5.21. The van der Waals surface area contributed by atoms with Crippen LogP contribution in [0, 0.1) is 13.8 Å². The number of ether oxygens (including phenoxy) is 1. The average Bonchev–Trinajstić information content (AvgIpc) is 3.39. The van der Waals surface area contributed by atoms with E-state index >= 15 is 0 Å². The number of rotatable bonds is 6. The van der Waals surface area contributed by atoms with Gasteiger partial charge in [0.25, 0.3) is 0 Å². The normalized spacial score (nSPS) is 17.5. The molecule has 0 amide bonds. The van der Waals surface area contributed by atoms with Crippen LogP contribution < -0.4 is 15.0 Å². The average molecular weight is 551 g/mol. The van der Waals surface area contributed by atoms with Crippen LogP contribution in [0.1, 0.15) is 54.1 Å². The number of alkyl halides is 3. The molecule has 9 heteroatoms. The SMILES string of the molecule is Cc1cc(C2C(c3ccccn3)NC(=S)N2c2ccc(OC(C)C)cc2)c(C)n1-c1cccc(C(F)(F)F)c1. The molecule has 5 nitrogen and oxygen atoms in total. The van der Waals surface area contributed by atoms with E-state index in [1.54, 1.807) is 12.3 Å². The fraction of sp³-hybridized carbons (Fsp3) is 0.267. The van der Waals surface area contributed by atoms with Crippen LogP contribution >= 0.6 is 12.2 Å². The summed E-state index contributed by atoms with van der Waals surface area (Å²) < 4.78 is 48.2. The minimum atomic E-state index is -4.43. The van der Waals surface area contributed by atoms with Gasteiger partial charge in [-0.2, -0.15) is 13.2 Å². The van der Waals surface area contributed by atoms with Crippen molar-refractivity contribution < 1.29 is 17.9 Å². The maximum absolute atomic E-state index is 13.5. The van der Waals surface area contributed by atoms with Gasteiger partial charge in [0.15, 0.2) is 5.11 Å². The lowest BCUT2D eigenvalue weighted by Crippen LogP contribution is -2.29. The van der Waals surface area contributed by atoms with Gasteiger partial charge in [0.05, 0.1) is 29.4 Å². The first-order valence-corrected chi connectivity index (χ1v) is 13.1. The van der Waals surface area contributed by atoms with Crippen LogP contribution in [0.25, 0.3) is 5.69 Å². The zero-order chi connectivity index (χ0) is 27.9. The lowest BCUT2D eigenvalue weighted by Gasteiger charge is -2.28. The second-order valence-electron chi connectivity index (χ2n) is 9.87. The highest BCUT2D eigenvalue weighted by Crippen LogP contribution is 2.44. The van der Waals surface area contributed by atoms with Crippen molar-refractivity contribution in [1.82, 2.24) is 14.9 Å². The fourth-order valence-corrected chi connectivity index (χ4v) is 5.56. The maximum Gasteiger partial charge on any atom is 0.416 e. The number of nitrogens with zero attached hydrogens (tertiary/aromatic N) is 3. The molecule has 1 aliphatic rings. The monoisotopic (exact) mass is 550 g/mol. The van der Waals surface area contributed by atoms with Gasteiger partial charge in [0.2, 0.25) is 0 Å². The molecule has 0 aliphatic carbocycles. The summed E-state index contributed by atoms with van der Waals surface area (Å²) in [7, 11) is 0. The molecule has 1 N–H and O–H groups in total. The molecule has 4 aromatic rings. The van der Waals surface area contributed by atoms with E-state index in [1.165, 1.54) is 12.1 Å². The van der Waals surface area contributed by atoms with Gasteiger partial charge in [-0.3, -0.25) is 4.98 Å². The minimum Gasteiger partial charge on any atom is -0.491 e. The molecular formula is C30H29F3N4OS. The topological polar surface area (TPSA) is 42.3 Å². The number of benzene rings is 2. The van der Waals surface area contributed by atoms with Crippen LogP contribution in [0.15, 0.2) is 79.0 Å². The van der Waals surface area contributed by atoms with Crippen LogP contribution in [0.5, 0.6) is 5.75 Å². The summed E-state index contributed by atoms with van der Waals surface area (Å²) in [5, 5.41) is 3.98. The summed E-state index contributed by atoms with van der Waals surface area (Å²) in [4.78, 5) is 6.65. The van der Waals surface area contributed by atoms with Crippen molar-refractivity contribution in [2.45, 2.75) is 52.1 Å². The number of hydrogen-bond acceptors (Lipinski definition) is 3. The number of hydrogen-bond donors (Lipinski definition) is 1. The van der Waals surface area contributed by atoms with Crippen molar-refractivity contribution in [3.63, 3.8) is 0 Å². The van der Waals surface area contributed by atoms with E-state index in [0.717, 1.165) is 40.1 Å². The Morgan fingerprint density at radius 2 is 1.69 bits per heavy atom. The molecule has 1 aliphatic heterocycles. The third-order valence-electron chi connectivity index (χ3n) is 6.81. The largest absolute Gasteiger partial charge is 0.491 e. The molecular weight excluding hydrogens is 521 g/mol. The molecule has 1 fully saturated rings. The standard InChI is InChI=1S/C30H29F3N4OS/c1-18(2)38-24-13-11-22(12-14-24)37-28(27(35-29(37)39)26-10-5-6-15-34-26)25-16-19(3)36(20(25)4)23-9-7-8-21(17-23)30(31,32)33/h5-18,27-28H,1-4H3,(H,35,39). The number of anilines is 1. The van der Waals surface area contributed by atoms with Crippen LogP contribution in [0.2, 0.25) is 0 Å². The molecule has 2 unspecified atom stereocenters. The molecule has 0 bridgehead atoms. The highest BCUT2D eigenvalue weighted by molar-refractivity contribution is 7.80. The van der Waals surface area contributed by atoms with E-state index in [0.29, 0.717) is 10.8 Å². The van der Waals surface area contributed by atoms with E-state index in [1.807, 2.05) is 85.7 Å². The quantitative estimate of drug-likeness (QED) is 0.252. The Balaban J connectivity index is 1.63. The van der Waals surface area contributed by atoms with Crippen LogP contribution in [0.3, 0.4) is 0 Å². The molecule has 2 aromatic heterocycles. The smallest absolute Gasteiger partial charge is 0.416 e. The van der Waals surface area contributed by atoms with Crippen molar-refractivity contribution in [3.8, 4) is 11.4 Å². The predicted molar refractivity (Wildman–Crippen MR) is 150 cm³/mol. The molecule has 0 saturated carbocycles. The zero-order valence-corrected chi connectivity index (χ0v) is 22.8. The minimum absolute atomic E-state index is 0.0490. The number of nitrogens with one attached hydrogen (secondary N) is 1. The number of aryl methyl sites for hydroxylation is 1. The summed E-state index contributed by atoms with van der Waals surface area (Å²) in [6, 6.07) is 20.3. The first-order chi connectivity index (χ1) is 18.5. The summed E-state index contributed by atoms with van der Waals surface area (Å²) >= 11 is 5.84. The van der Waals surface area contributed by atoms with Gasteiger partial charge < -0.3 is 19.5 Å². The van der Waals surface area contributed by atoms with E-state index in [4.69, 9.17) is 17.0 Å². The highest BCUT2D eigenvalue weighted by Gasteiger charge is 2.42. The van der Waals surface area contributed by atoms with Crippen LogP contribution in [0.4, 0.5) is 18.9 Å². The van der Waals surface area contributed by atoms with E-state index < -0.39 is 11.7 Å².